The number of carbonyl (C=O) groups excluding carboxylic acids is 1. The molecule has 1 aliphatic rings. The average Bonchev–Trinajstić information content (AvgIpc) is 3.00. The zero-order chi connectivity index (χ0) is 28.0. The molecule has 0 saturated carbocycles. The molecule has 5 atom stereocenters. The molecule has 1 fully saturated rings. The third-order valence-electron chi connectivity index (χ3n) is 6.61. The smallest absolute Gasteiger partial charge is 0.305 e. The van der Waals surface area contributed by atoms with E-state index in [9.17, 15) is 9.90 Å². The normalized spacial score (nSPS) is 22.6. The van der Waals surface area contributed by atoms with Crippen LogP contribution in [0.2, 0.25) is 0 Å². The zero-order valence-corrected chi connectivity index (χ0v) is 22.8. The van der Waals surface area contributed by atoms with Gasteiger partial charge in [0.05, 0.1) is 40.1 Å². The van der Waals surface area contributed by atoms with E-state index < -0.39 is 30.7 Å². The van der Waals surface area contributed by atoms with Crippen LogP contribution in [0.1, 0.15) is 29.5 Å². The van der Waals surface area contributed by atoms with Gasteiger partial charge in [-0.25, -0.2) is 0 Å². The second kappa shape index (κ2) is 16.2. The lowest BCUT2D eigenvalue weighted by Crippen LogP contribution is -2.61. The average molecular weight is 551 g/mol. The second-order valence-corrected chi connectivity index (χ2v) is 9.61. The molecule has 214 valence electrons. The van der Waals surface area contributed by atoms with E-state index in [4.69, 9.17) is 28.4 Å². The minimum Gasteiger partial charge on any atom is -0.469 e. The fraction of sp³-hybridized carbons (Fsp3) is 0.406. The van der Waals surface area contributed by atoms with E-state index in [0.29, 0.717) is 19.6 Å². The summed E-state index contributed by atoms with van der Waals surface area (Å²) < 4.78 is 35.6. The van der Waals surface area contributed by atoms with E-state index in [1.165, 1.54) is 7.11 Å². The molecule has 8 nitrogen and oxygen atoms in total. The van der Waals surface area contributed by atoms with Gasteiger partial charge in [0.25, 0.3) is 0 Å². The fourth-order valence-corrected chi connectivity index (χ4v) is 4.48. The van der Waals surface area contributed by atoms with Gasteiger partial charge < -0.3 is 33.5 Å². The Morgan fingerprint density at radius 3 is 1.82 bits per heavy atom. The number of carbonyl (C=O) groups is 1. The van der Waals surface area contributed by atoms with Gasteiger partial charge in [-0.15, -0.1) is 0 Å². The molecule has 3 unspecified atom stereocenters. The molecule has 40 heavy (non-hydrogen) atoms. The summed E-state index contributed by atoms with van der Waals surface area (Å²) in [6.07, 6.45) is -3.45. The molecule has 3 aromatic carbocycles. The number of hydrogen-bond acceptors (Lipinski definition) is 8. The lowest BCUT2D eigenvalue weighted by atomic mass is 9.98. The Hall–Kier alpha value is -3.11. The van der Waals surface area contributed by atoms with Crippen molar-refractivity contribution in [3.05, 3.63) is 108 Å². The molecule has 0 spiro atoms. The van der Waals surface area contributed by atoms with E-state index in [2.05, 4.69) is 0 Å². The summed E-state index contributed by atoms with van der Waals surface area (Å²) in [7, 11) is 1.35. The van der Waals surface area contributed by atoms with Crippen molar-refractivity contribution in [2.45, 2.75) is 63.4 Å². The number of esters is 1. The van der Waals surface area contributed by atoms with Crippen molar-refractivity contribution in [1.82, 2.24) is 0 Å². The van der Waals surface area contributed by atoms with Gasteiger partial charge in [0.15, 0.2) is 6.29 Å². The van der Waals surface area contributed by atoms with Crippen molar-refractivity contribution in [2.24, 2.45) is 0 Å². The van der Waals surface area contributed by atoms with Gasteiger partial charge >= 0.3 is 5.97 Å². The Bertz CT molecular complexity index is 1110. The number of hydrogen-bond donors (Lipinski definition) is 1. The molecular formula is C32H38O8. The highest BCUT2D eigenvalue weighted by molar-refractivity contribution is 5.68. The summed E-state index contributed by atoms with van der Waals surface area (Å²) in [5, 5.41) is 11.4. The molecular weight excluding hydrogens is 512 g/mol. The quantitative estimate of drug-likeness (QED) is 0.220. The van der Waals surface area contributed by atoms with E-state index in [1.807, 2.05) is 91.0 Å². The van der Waals surface area contributed by atoms with Crippen LogP contribution in [0.3, 0.4) is 0 Å². The van der Waals surface area contributed by atoms with Gasteiger partial charge in [-0.1, -0.05) is 91.0 Å². The van der Waals surface area contributed by atoms with E-state index in [1.54, 1.807) is 0 Å². The van der Waals surface area contributed by atoms with Crippen LogP contribution in [0, 0.1) is 0 Å². The second-order valence-electron chi connectivity index (χ2n) is 9.61. The highest BCUT2D eigenvalue weighted by Crippen LogP contribution is 2.29. The number of methoxy groups -OCH3 is 1. The Labute approximate surface area is 235 Å². The van der Waals surface area contributed by atoms with Gasteiger partial charge in [-0.3, -0.25) is 4.79 Å². The summed E-state index contributed by atoms with van der Waals surface area (Å²) in [4.78, 5) is 11.5. The van der Waals surface area contributed by atoms with Crippen LogP contribution in [-0.2, 0) is 53.0 Å². The van der Waals surface area contributed by atoms with E-state index >= 15 is 0 Å². The maximum absolute atomic E-state index is 11.5. The summed E-state index contributed by atoms with van der Waals surface area (Å²) in [5.41, 5.74) is 2.99. The minimum absolute atomic E-state index is 0.203. The monoisotopic (exact) mass is 550 g/mol. The lowest BCUT2D eigenvalue weighted by Gasteiger charge is -2.44. The minimum atomic E-state index is -1.13. The van der Waals surface area contributed by atoms with Crippen molar-refractivity contribution in [3.8, 4) is 0 Å². The van der Waals surface area contributed by atoms with Crippen molar-refractivity contribution in [2.75, 3.05) is 20.3 Å². The van der Waals surface area contributed by atoms with Gasteiger partial charge in [-0.05, 0) is 23.1 Å². The van der Waals surface area contributed by atoms with Crippen LogP contribution in [0.25, 0.3) is 0 Å². The zero-order valence-electron chi connectivity index (χ0n) is 22.8. The molecule has 0 bridgehead atoms. The third kappa shape index (κ3) is 9.23. The van der Waals surface area contributed by atoms with E-state index in [0.717, 1.165) is 16.7 Å². The Morgan fingerprint density at radius 1 is 0.750 bits per heavy atom. The van der Waals surface area contributed by atoms with Crippen LogP contribution in [0.5, 0.6) is 0 Å². The standard InChI is InChI=1S/C32H38O8/c1-35-28(33)18-11-19-37-32-29(34)31(39-22-26-16-9-4-10-17-26)30(38-21-25-14-7-3-8-15-25)27(40-32)23-36-20-24-12-5-2-6-13-24/h2-10,12-17,27,29-32,34H,11,18-23H2,1H3/t27?,29?,30-,31?,32-/m1/s1. The molecule has 1 N–H and O–H groups in total. The first kappa shape index (κ1) is 29.9. The molecule has 1 saturated heterocycles. The topological polar surface area (TPSA) is 92.7 Å². The molecule has 0 aromatic heterocycles. The summed E-state index contributed by atoms with van der Waals surface area (Å²) in [6, 6.07) is 29.4. The summed E-state index contributed by atoms with van der Waals surface area (Å²) in [5.74, 6) is -0.320. The molecule has 1 heterocycles. The molecule has 1 aliphatic heterocycles. The number of aliphatic hydroxyl groups is 1. The molecule has 3 aromatic rings. The van der Waals surface area contributed by atoms with E-state index in [-0.39, 0.29) is 32.2 Å². The number of ether oxygens (including phenoxy) is 6. The predicted molar refractivity (Wildman–Crippen MR) is 148 cm³/mol. The van der Waals surface area contributed by atoms with Crippen LogP contribution in [0.4, 0.5) is 0 Å². The molecule has 0 radical (unpaired) electrons. The maximum atomic E-state index is 11.5. The van der Waals surface area contributed by atoms with Crippen LogP contribution in [0.15, 0.2) is 91.0 Å². The van der Waals surface area contributed by atoms with Crippen molar-refractivity contribution in [3.63, 3.8) is 0 Å². The largest absolute Gasteiger partial charge is 0.469 e. The Balaban J connectivity index is 1.49. The molecule has 8 heteroatoms. The van der Waals surface area contributed by atoms with Crippen LogP contribution < -0.4 is 0 Å². The molecule has 4 rings (SSSR count). The van der Waals surface area contributed by atoms with Crippen molar-refractivity contribution >= 4 is 5.97 Å². The fourth-order valence-electron chi connectivity index (χ4n) is 4.48. The van der Waals surface area contributed by atoms with Gasteiger partial charge in [-0.2, -0.15) is 0 Å². The predicted octanol–water partition coefficient (Wildman–Crippen LogP) is 4.43. The van der Waals surface area contributed by atoms with Crippen molar-refractivity contribution < 1.29 is 38.3 Å². The summed E-state index contributed by atoms with van der Waals surface area (Å²) in [6.45, 7) is 1.39. The molecule has 0 aliphatic carbocycles. The summed E-state index contributed by atoms with van der Waals surface area (Å²) >= 11 is 0. The first-order chi connectivity index (χ1) is 19.6. The third-order valence-corrected chi connectivity index (χ3v) is 6.61. The highest BCUT2D eigenvalue weighted by Gasteiger charge is 2.47. The maximum Gasteiger partial charge on any atom is 0.305 e. The van der Waals surface area contributed by atoms with Gasteiger partial charge in [0.1, 0.15) is 24.4 Å². The number of benzene rings is 3. The van der Waals surface area contributed by atoms with Crippen LogP contribution >= 0.6 is 0 Å². The first-order valence-corrected chi connectivity index (χ1v) is 13.6. The van der Waals surface area contributed by atoms with Crippen molar-refractivity contribution in [1.29, 1.82) is 0 Å². The highest BCUT2D eigenvalue weighted by atomic mass is 16.7. The lowest BCUT2D eigenvalue weighted by molar-refractivity contribution is -0.319. The number of rotatable bonds is 15. The Morgan fingerprint density at radius 2 is 1.27 bits per heavy atom. The van der Waals surface area contributed by atoms with Gasteiger partial charge in [0.2, 0.25) is 0 Å². The number of aliphatic hydroxyl groups excluding tert-OH is 1. The molecule has 0 amide bonds. The first-order valence-electron chi connectivity index (χ1n) is 13.6. The Kier molecular flexibility index (Phi) is 12.1. The SMILES string of the molecule is COC(=O)CCCO[C@@H]1OC(COCc2ccccc2)[C@@H](OCc2ccccc2)C(OCc2ccccc2)C1O. The van der Waals surface area contributed by atoms with Gasteiger partial charge in [0, 0.05) is 6.42 Å². The van der Waals surface area contributed by atoms with Crippen LogP contribution in [-0.4, -0.2) is 62.1 Å².